The third-order valence-electron chi connectivity index (χ3n) is 5.40. The third kappa shape index (κ3) is 2.44. The minimum atomic E-state index is -0.528. The van der Waals surface area contributed by atoms with E-state index in [0.717, 1.165) is 11.1 Å². The summed E-state index contributed by atoms with van der Waals surface area (Å²) in [5, 5.41) is 19.8. The summed E-state index contributed by atoms with van der Waals surface area (Å²) in [5.41, 5.74) is 4.04. The van der Waals surface area contributed by atoms with Crippen LogP contribution in [0.2, 0.25) is 0 Å². The molecule has 3 heteroatoms. The van der Waals surface area contributed by atoms with E-state index in [-0.39, 0.29) is 11.5 Å². The van der Waals surface area contributed by atoms with Crippen molar-refractivity contribution >= 4 is 11.8 Å². The fourth-order valence-electron chi connectivity index (χ4n) is 4.21. The molecule has 1 heterocycles. The smallest absolute Gasteiger partial charge is 0.115 e. The van der Waals surface area contributed by atoms with E-state index in [1.807, 2.05) is 24.3 Å². The predicted octanol–water partition coefficient (Wildman–Crippen LogP) is 5.95. The summed E-state index contributed by atoms with van der Waals surface area (Å²) in [4.78, 5) is 2.42. The number of hydrogen-bond donors (Lipinski definition) is 2. The fourth-order valence-corrected chi connectivity index (χ4v) is 5.40. The van der Waals surface area contributed by atoms with E-state index >= 15 is 0 Å². The van der Waals surface area contributed by atoms with E-state index in [1.54, 1.807) is 36.0 Å². The van der Waals surface area contributed by atoms with E-state index < -0.39 is 5.41 Å². The Morgan fingerprint density at radius 3 is 1.32 bits per heavy atom. The lowest BCUT2D eigenvalue weighted by Gasteiger charge is -2.41. The number of benzene rings is 4. The number of phenols is 2. The highest BCUT2D eigenvalue weighted by Crippen LogP contribution is 2.55. The van der Waals surface area contributed by atoms with Gasteiger partial charge in [0.25, 0.3) is 0 Å². The number of hydrogen-bond acceptors (Lipinski definition) is 3. The van der Waals surface area contributed by atoms with Gasteiger partial charge in [0.1, 0.15) is 11.5 Å². The van der Waals surface area contributed by atoms with Crippen LogP contribution in [0.1, 0.15) is 22.3 Å². The van der Waals surface area contributed by atoms with Crippen molar-refractivity contribution in [2.24, 2.45) is 0 Å². The lowest BCUT2D eigenvalue weighted by Crippen LogP contribution is -2.33. The molecule has 0 saturated carbocycles. The highest BCUT2D eigenvalue weighted by atomic mass is 32.2. The van der Waals surface area contributed by atoms with Crippen LogP contribution >= 0.6 is 11.8 Å². The van der Waals surface area contributed by atoms with Crippen molar-refractivity contribution in [1.29, 1.82) is 0 Å². The summed E-state index contributed by atoms with van der Waals surface area (Å²) < 4.78 is 0. The van der Waals surface area contributed by atoms with Gasteiger partial charge >= 0.3 is 0 Å². The Hall–Kier alpha value is -3.17. The van der Waals surface area contributed by atoms with Crippen LogP contribution in [0.5, 0.6) is 11.5 Å². The van der Waals surface area contributed by atoms with Gasteiger partial charge in [-0.25, -0.2) is 0 Å². The summed E-state index contributed by atoms with van der Waals surface area (Å²) in [7, 11) is 0. The van der Waals surface area contributed by atoms with Crippen molar-refractivity contribution in [1.82, 2.24) is 0 Å². The molecule has 1 aliphatic heterocycles. The second-order valence-corrected chi connectivity index (χ2v) is 8.02. The average molecular weight is 382 g/mol. The quantitative estimate of drug-likeness (QED) is 0.397. The molecule has 0 fully saturated rings. The molecule has 0 aliphatic carbocycles. The van der Waals surface area contributed by atoms with E-state index in [9.17, 15) is 10.2 Å². The summed E-state index contributed by atoms with van der Waals surface area (Å²) in [5.74, 6) is 0.493. The van der Waals surface area contributed by atoms with Crippen LogP contribution < -0.4 is 0 Å². The highest BCUT2D eigenvalue weighted by molar-refractivity contribution is 7.99. The van der Waals surface area contributed by atoms with E-state index in [1.165, 1.54) is 20.9 Å². The normalized spacial score (nSPS) is 14.1. The van der Waals surface area contributed by atoms with Gasteiger partial charge in [0.2, 0.25) is 0 Å². The van der Waals surface area contributed by atoms with Gasteiger partial charge in [0, 0.05) is 9.79 Å². The van der Waals surface area contributed by atoms with Crippen LogP contribution in [-0.4, -0.2) is 10.2 Å². The Labute approximate surface area is 168 Å². The molecule has 4 aromatic carbocycles. The lowest BCUT2D eigenvalue weighted by atomic mass is 9.65. The molecule has 28 heavy (non-hydrogen) atoms. The fraction of sp³-hybridized carbons (Fsp3) is 0.0400. The zero-order valence-electron chi connectivity index (χ0n) is 15.0. The number of rotatable bonds is 2. The minimum Gasteiger partial charge on any atom is -0.508 e. The first-order chi connectivity index (χ1) is 13.7. The van der Waals surface area contributed by atoms with Gasteiger partial charge in [-0.15, -0.1) is 0 Å². The van der Waals surface area contributed by atoms with Gasteiger partial charge in [0.15, 0.2) is 0 Å². The maximum Gasteiger partial charge on any atom is 0.115 e. The van der Waals surface area contributed by atoms with E-state index in [2.05, 4.69) is 48.5 Å². The van der Waals surface area contributed by atoms with Gasteiger partial charge in [-0.1, -0.05) is 72.4 Å². The largest absolute Gasteiger partial charge is 0.508 e. The Morgan fingerprint density at radius 2 is 0.893 bits per heavy atom. The van der Waals surface area contributed by atoms with Crippen molar-refractivity contribution < 1.29 is 10.2 Å². The first kappa shape index (κ1) is 17.0. The molecular weight excluding hydrogens is 364 g/mol. The molecule has 0 radical (unpaired) electrons. The van der Waals surface area contributed by atoms with Crippen molar-refractivity contribution in [3.8, 4) is 11.5 Å². The van der Waals surface area contributed by atoms with Gasteiger partial charge in [-0.2, -0.15) is 0 Å². The number of aromatic hydroxyl groups is 2. The molecule has 2 nitrogen and oxygen atoms in total. The molecule has 0 spiro atoms. The molecule has 136 valence electrons. The van der Waals surface area contributed by atoms with Crippen LogP contribution in [0.3, 0.4) is 0 Å². The Bertz CT molecular complexity index is 1050. The van der Waals surface area contributed by atoms with E-state index in [4.69, 9.17) is 0 Å². The summed E-state index contributed by atoms with van der Waals surface area (Å²) in [6.07, 6.45) is 0. The van der Waals surface area contributed by atoms with E-state index in [0.29, 0.717) is 0 Å². The van der Waals surface area contributed by atoms with Crippen LogP contribution in [-0.2, 0) is 5.41 Å². The Balaban J connectivity index is 1.94. The molecule has 0 atom stereocenters. The van der Waals surface area contributed by atoms with Gasteiger partial charge in [-0.3, -0.25) is 0 Å². The number of phenolic OH excluding ortho intramolecular Hbond substituents is 2. The van der Waals surface area contributed by atoms with Gasteiger partial charge in [-0.05, 0) is 58.7 Å². The maximum absolute atomic E-state index is 9.90. The topological polar surface area (TPSA) is 40.5 Å². The standard InChI is InChI=1S/C25H18O2S/c26-19-13-9-17(10-14-19)25(18-11-15-20(27)16-12-18)21-5-1-3-7-23(21)28-24-8-4-2-6-22(24)25/h1-16,26-27H. The number of fused-ring (bicyclic) bond motifs is 2. The molecule has 0 unspecified atom stereocenters. The monoisotopic (exact) mass is 382 g/mol. The molecule has 4 aromatic rings. The van der Waals surface area contributed by atoms with Crippen LogP contribution in [0.4, 0.5) is 0 Å². The average Bonchev–Trinajstić information content (AvgIpc) is 2.73. The van der Waals surface area contributed by atoms with Crippen molar-refractivity contribution in [2.45, 2.75) is 15.2 Å². The lowest BCUT2D eigenvalue weighted by molar-refractivity contribution is 0.474. The van der Waals surface area contributed by atoms with Crippen LogP contribution in [0.15, 0.2) is 107 Å². The minimum absolute atomic E-state index is 0.247. The van der Waals surface area contributed by atoms with Crippen molar-refractivity contribution in [3.05, 3.63) is 119 Å². The molecule has 0 amide bonds. The first-order valence-corrected chi connectivity index (χ1v) is 9.97. The third-order valence-corrected chi connectivity index (χ3v) is 6.55. The molecule has 0 saturated heterocycles. The molecule has 2 N–H and O–H groups in total. The molecule has 0 aromatic heterocycles. The van der Waals surface area contributed by atoms with Crippen LogP contribution in [0.25, 0.3) is 0 Å². The Kier molecular flexibility index (Phi) is 3.92. The molecule has 0 bridgehead atoms. The highest BCUT2D eigenvalue weighted by Gasteiger charge is 2.44. The second kappa shape index (κ2) is 6.47. The van der Waals surface area contributed by atoms with Crippen molar-refractivity contribution in [2.75, 3.05) is 0 Å². The zero-order chi connectivity index (χ0) is 19.1. The summed E-state index contributed by atoms with van der Waals surface area (Å²) >= 11 is 1.78. The SMILES string of the molecule is Oc1ccc(C2(c3ccc(O)cc3)c3ccccc3Sc3ccccc32)cc1. The van der Waals surface area contributed by atoms with Crippen LogP contribution in [0, 0.1) is 0 Å². The summed E-state index contributed by atoms with van der Waals surface area (Å²) in [6, 6.07) is 31.9. The molecule has 1 aliphatic rings. The maximum atomic E-state index is 9.90. The van der Waals surface area contributed by atoms with Gasteiger partial charge in [0.05, 0.1) is 5.41 Å². The van der Waals surface area contributed by atoms with Gasteiger partial charge < -0.3 is 10.2 Å². The van der Waals surface area contributed by atoms with Crippen molar-refractivity contribution in [3.63, 3.8) is 0 Å². The zero-order valence-corrected chi connectivity index (χ0v) is 15.9. The first-order valence-electron chi connectivity index (χ1n) is 9.15. The second-order valence-electron chi connectivity index (χ2n) is 6.94. The Morgan fingerprint density at radius 1 is 0.500 bits per heavy atom. The summed E-state index contributed by atoms with van der Waals surface area (Å²) in [6.45, 7) is 0. The molecule has 5 rings (SSSR count). The predicted molar refractivity (Wildman–Crippen MR) is 112 cm³/mol. The molecular formula is C25H18O2S.